The minimum Gasteiger partial charge on any atom is -0.347 e. The van der Waals surface area contributed by atoms with Crippen molar-refractivity contribution in [3.63, 3.8) is 0 Å². The Labute approximate surface area is 162 Å². The summed E-state index contributed by atoms with van der Waals surface area (Å²) < 4.78 is 0. The largest absolute Gasteiger partial charge is 0.347 e. The lowest BCUT2D eigenvalue weighted by atomic mass is 10.0. The van der Waals surface area contributed by atoms with E-state index in [1.807, 2.05) is 66.7 Å². The summed E-state index contributed by atoms with van der Waals surface area (Å²) in [5.41, 5.74) is 2.73. The molecule has 0 aliphatic carbocycles. The maximum absolute atomic E-state index is 12.2. The van der Waals surface area contributed by atoms with E-state index in [0.29, 0.717) is 5.82 Å². The van der Waals surface area contributed by atoms with Crippen LogP contribution in [0.1, 0.15) is 11.4 Å². The van der Waals surface area contributed by atoms with Crippen molar-refractivity contribution in [3.8, 4) is 0 Å². The van der Waals surface area contributed by atoms with Gasteiger partial charge in [-0.2, -0.15) is 0 Å². The highest BCUT2D eigenvalue weighted by atomic mass is 16.2. The summed E-state index contributed by atoms with van der Waals surface area (Å²) in [4.78, 5) is 31.8. The predicted octanol–water partition coefficient (Wildman–Crippen LogP) is 2.69. The highest BCUT2D eigenvalue weighted by Gasteiger charge is 2.09. The van der Waals surface area contributed by atoms with Gasteiger partial charge in [-0.25, -0.2) is 4.98 Å². The van der Waals surface area contributed by atoms with Gasteiger partial charge in [0.1, 0.15) is 5.82 Å². The van der Waals surface area contributed by atoms with Gasteiger partial charge in [0.15, 0.2) is 0 Å². The number of para-hydroxylation sites is 2. The van der Waals surface area contributed by atoms with Crippen LogP contribution in [0.4, 0.5) is 0 Å². The van der Waals surface area contributed by atoms with Crippen LogP contribution in [0, 0.1) is 0 Å². The van der Waals surface area contributed by atoms with Crippen molar-refractivity contribution in [2.75, 3.05) is 6.54 Å². The van der Waals surface area contributed by atoms with Crippen LogP contribution >= 0.6 is 0 Å². The first-order valence-corrected chi connectivity index (χ1v) is 9.13. The summed E-state index contributed by atoms with van der Waals surface area (Å²) in [6.45, 7) is 0.219. The number of fused-ring (bicyclic) bond motifs is 2. The van der Waals surface area contributed by atoms with E-state index in [0.717, 1.165) is 27.4 Å². The summed E-state index contributed by atoms with van der Waals surface area (Å²) in [5, 5.41) is 7.58. The number of nitrogens with zero attached hydrogens (tertiary/aromatic N) is 1. The average Bonchev–Trinajstić information content (AvgIpc) is 3.14. The first-order valence-electron chi connectivity index (χ1n) is 9.13. The molecule has 0 radical (unpaired) electrons. The second kappa shape index (κ2) is 7.92. The van der Waals surface area contributed by atoms with Crippen LogP contribution in [-0.2, 0) is 22.6 Å². The molecule has 0 saturated carbocycles. The monoisotopic (exact) mass is 372 g/mol. The summed E-state index contributed by atoms with van der Waals surface area (Å²) in [5.74, 6) is 0.235. The van der Waals surface area contributed by atoms with E-state index in [-0.39, 0.29) is 31.3 Å². The standard InChI is InChI=1S/C22H20N4O2/c27-21(12-16-8-5-7-15-6-1-2-9-17(15)16)24-14-22(28)23-13-20-25-18-10-3-4-11-19(18)26-20/h1-11H,12-14H2,(H,23,28)(H,24,27)(H,25,26). The Morgan fingerprint density at radius 1 is 0.857 bits per heavy atom. The van der Waals surface area contributed by atoms with Gasteiger partial charge in [-0.15, -0.1) is 0 Å². The number of benzene rings is 3. The molecule has 0 bridgehead atoms. The number of H-pyrrole nitrogens is 1. The molecule has 1 heterocycles. The SMILES string of the molecule is O=C(CNC(=O)Cc1cccc2ccccc12)NCc1nc2ccccc2[nH]1. The average molecular weight is 372 g/mol. The van der Waals surface area contributed by atoms with Gasteiger partial charge in [-0.1, -0.05) is 54.6 Å². The van der Waals surface area contributed by atoms with Crippen molar-refractivity contribution in [3.05, 3.63) is 78.1 Å². The molecular weight excluding hydrogens is 352 g/mol. The summed E-state index contributed by atoms with van der Waals surface area (Å²) in [6.07, 6.45) is 0.234. The van der Waals surface area contributed by atoms with Crippen LogP contribution in [0.3, 0.4) is 0 Å². The van der Waals surface area contributed by atoms with Gasteiger partial charge in [0.05, 0.1) is 30.5 Å². The Morgan fingerprint density at radius 3 is 2.54 bits per heavy atom. The molecule has 28 heavy (non-hydrogen) atoms. The van der Waals surface area contributed by atoms with Crippen LogP contribution in [0.2, 0.25) is 0 Å². The molecule has 1 aromatic heterocycles. The van der Waals surface area contributed by atoms with Crippen molar-refractivity contribution >= 4 is 33.6 Å². The number of aromatic nitrogens is 2. The molecule has 0 spiro atoms. The van der Waals surface area contributed by atoms with E-state index in [1.165, 1.54) is 0 Å². The number of hydrogen-bond acceptors (Lipinski definition) is 3. The number of rotatable bonds is 6. The van der Waals surface area contributed by atoms with Crippen molar-refractivity contribution in [2.45, 2.75) is 13.0 Å². The topological polar surface area (TPSA) is 86.9 Å². The quantitative estimate of drug-likeness (QED) is 0.486. The fourth-order valence-corrected chi connectivity index (χ4v) is 3.20. The van der Waals surface area contributed by atoms with Crippen molar-refractivity contribution in [1.82, 2.24) is 20.6 Å². The van der Waals surface area contributed by atoms with Gasteiger partial charge >= 0.3 is 0 Å². The smallest absolute Gasteiger partial charge is 0.239 e. The molecule has 0 fully saturated rings. The third kappa shape index (κ3) is 4.01. The van der Waals surface area contributed by atoms with Gasteiger partial charge in [0, 0.05) is 0 Å². The third-order valence-electron chi connectivity index (χ3n) is 4.57. The normalized spacial score (nSPS) is 10.9. The van der Waals surface area contributed by atoms with Gasteiger partial charge in [-0.05, 0) is 28.5 Å². The number of imidazole rings is 1. The lowest BCUT2D eigenvalue weighted by Crippen LogP contribution is -2.37. The molecule has 0 unspecified atom stereocenters. The van der Waals surface area contributed by atoms with E-state index in [1.54, 1.807) is 0 Å². The minimum absolute atomic E-state index is 0.0656. The van der Waals surface area contributed by atoms with Crippen molar-refractivity contribution in [1.29, 1.82) is 0 Å². The zero-order valence-electron chi connectivity index (χ0n) is 15.2. The lowest BCUT2D eigenvalue weighted by Gasteiger charge is -2.08. The predicted molar refractivity (Wildman–Crippen MR) is 109 cm³/mol. The molecule has 140 valence electrons. The molecule has 6 nitrogen and oxygen atoms in total. The molecule has 4 aromatic rings. The fourth-order valence-electron chi connectivity index (χ4n) is 3.20. The Kier molecular flexibility index (Phi) is 5.01. The number of aromatic amines is 1. The summed E-state index contributed by atoms with van der Waals surface area (Å²) in [6, 6.07) is 21.5. The third-order valence-corrected chi connectivity index (χ3v) is 4.57. The molecule has 6 heteroatoms. The second-order valence-corrected chi connectivity index (χ2v) is 6.57. The maximum atomic E-state index is 12.2. The van der Waals surface area contributed by atoms with Crippen LogP contribution in [0.15, 0.2) is 66.7 Å². The molecule has 3 aromatic carbocycles. The number of carbonyl (C=O) groups excluding carboxylic acids is 2. The van der Waals surface area contributed by atoms with Crippen LogP contribution in [0.25, 0.3) is 21.8 Å². The Hall–Kier alpha value is -3.67. The number of nitrogens with one attached hydrogen (secondary N) is 3. The second-order valence-electron chi connectivity index (χ2n) is 6.57. The van der Waals surface area contributed by atoms with Gasteiger partial charge < -0.3 is 15.6 Å². The van der Waals surface area contributed by atoms with Crippen LogP contribution in [-0.4, -0.2) is 28.3 Å². The number of hydrogen-bond donors (Lipinski definition) is 3. The van der Waals surface area contributed by atoms with Crippen LogP contribution < -0.4 is 10.6 Å². The molecule has 0 aliphatic heterocycles. The summed E-state index contributed by atoms with van der Waals surface area (Å²) >= 11 is 0. The molecular formula is C22H20N4O2. The van der Waals surface area contributed by atoms with E-state index in [4.69, 9.17) is 0 Å². The Balaban J connectivity index is 1.28. The highest BCUT2D eigenvalue weighted by molar-refractivity contribution is 5.91. The first-order chi connectivity index (χ1) is 13.7. The van der Waals surface area contributed by atoms with E-state index >= 15 is 0 Å². The van der Waals surface area contributed by atoms with Crippen molar-refractivity contribution < 1.29 is 9.59 Å². The molecule has 0 atom stereocenters. The summed E-state index contributed by atoms with van der Waals surface area (Å²) in [7, 11) is 0. The van der Waals surface area contributed by atoms with E-state index in [2.05, 4.69) is 20.6 Å². The molecule has 4 rings (SSSR count). The van der Waals surface area contributed by atoms with Crippen molar-refractivity contribution in [2.24, 2.45) is 0 Å². The zero-order valence-corrected chi connectivity index (χ0v) is 15.2. The zero-order chi connectivity index (χ0) is 19.3. The van der Waals surface area contributed by atoms with Gasteiger partial charge in [-0.3, -0.25) is 9.59 Å². The lowest BCUT2D eigenvalue weighted by molar-refractivity contribution is -0.125. The highest BCUT2D eigenvalue weighted by Crippen LogP contribution is 2.18. The fraction of sp³-hybridized carbons (Fsp3) is 0.136. The Bertz CT molecular complexity index is 1110. The first kappa shape index (κ1) is 17.7. The molecule has 0 aliphatic rings. The minimum atomic E-state index is -0.258. The number of carbonyl (C=O) groups is 2. The molecule has 2 amide bonds. The van der Waals surface area contributed by atoms with E-state index in [9.17, 15) is 9.59 Å². The van der Waals surface area contributed by atoms with E-state index < -0.39 is 0 Å². The van der Waals surface area contributed by atoms with Gasteiger partial charge in [0.2, 0.25) is 11.8 Å². The molecule has 0 saturated heterocycles. The number of amides is 2. The Morgan fingerprint density at radius 2 is 1.64 bits per heavy atom. The molecule has 3 N–H and O–H groups in total. The maximum Gasteiger partial charge on any atom is 0.239 e. The van der Waals surface area contributed by atoms with Gasteiger partial charge in [0.25, 0.3) is 0 Å². The van der Waals surface area contributed by atoms with Crippen LogP contribution in [0.5, 0.6) is 0 Å².